The number of aliphatic hydroxyl groups is 1. The van der Waals surface area contributed by atoms with Gasteiger partial charge < -0.3 is 10.4 Å². The van der Waals surface area contributed by atoms with Gasteiger partial charge in [0.05, 0.1) is 0 Å². The number of hydrogen-bond acceptors (Lipinski definition) is 2. The molecule has 0 aromatic heterocycles. The van der Waals surface area contributed by atoms with Gasteiger partial charge in [-0.2, -0.15) is 0 Å². The molecule has 3 atom stereocenters. The third-order valence-corrected chi connectivity index (χ3v) is 4.30. The maximum absolute atomic E-state index is 8.65. The van der Waals surface area contributed by atoms with Crippen molar-refractivity contribution >= 4 is 0 Å². The molecule has 2 fully saturated rings. The number of rotatable bonds is 7. The Labute approximate surface area is 93.5 Å². The zero-order chi connectivity index (χ0) is 10.5. The predicted molar refractivity (Wildman–Crippen MR) is 62.7 cm³/mol. The SMILES string of the molecule is OCCCCCNCC1CC2CCC1C2. The van der Waals surface area contributed by atoms with Gasteiger partial charge in [0.1, 0.15) is 0 Å². The highest BCUT2D eigenvalue weighted by Gasteiger charge is 2.38. The van der Waals surface area contributed by atoms with E-state index in [0.717, 1.165) is 30.7 Å². The first-order valence-electron chi connectivity index (χ1n) is 6.71. The molecule has 2 N–H and O–H groups in total. The lowest BCUT2D eigenvalue weighted by molar-refractivity contribution is 0.281. The standard InChI is InChI=1S/C13H25NO/c15-7-3-1-2-6-14-10-13-9-11-4-5-12(13)8-11/h11-15H,1-10H2. The molecular formula is C13H25NO. The van der Waals surface area contributed by atoms with Crippen molar-refractivity contribution < 1.29 is 5.11 Å². The molecule has 2 heteroatoms. The van der Waals surface area contributed by atoms with Crippen molar-refractivity contribution in [1.29, 1.82) is 0 Å². The Balaban J connectivity index is 1.48. The summed E-state index contributed by atoms with van der Waals surface area (Å²) in [6.07, 6.45) is 9.39. The van der Waals surface area contributed by atoms with Crippen LogP contribution in [0.15, 0.2) is 0 Å². The molecular weight excluding hydrogens is 186 g/mol. The van der Waals surface area contributed by atoms with E-state index in [1.54, 1.807) is 0 Å². The van der Waals surface area contributed by atoms with Gasteiger partial charge in [-0.1, -0.05) is 6.42 Å². The molecule has 15 heavy (non-hydrogen) atoms. The van der Waals surface area contributed by atoms with E-state index in [2.05, 4.69) is 5.32 Å². The molecule has 0 aliphatic heterocycles. The fourth-order valence-corrected chi connectivity index (χ4v) is 3.45. The zero-order valence-electron chi connectivity index (χ0n) is 9.75. The fourth-order valence-electron chi connectivity index (χ4n) is 3.45. The van der Waals surface area contributed by atoms with Crippen LogP contribution < -0.4 is 5.32 Å². The summed E-state index contributed by atoms with van der Waals surface area (Å²) in [5.74, 6) is 3.12. The molecule has 2 rings (SSSR count). The van der Waals surface area contributed by atoms with Crippen LogP contribution in [0.4, 0.5) is 0 Å². The van der Waals surface area contributed by atoms with Gasteiger partial charge in [-0.25, -0.2) is 0 Å². The topological polar surface area (TPSA) is 32.3 Å². The van der Waals surface area contributed by atoms with Crippen LogP contribution in [0.5, 0.6) is 0 Å². The molecule has 0 radical (unpaired) electrons. The van der Waals surface area contributed by atoms with Gasteiger partial charge in [-0.3, -0.25) is 0 Å². The molecule has 0 amide bonds. The van der Waals surface area contributed by atoms with Crippen LogP contribution in [0.25, 0.3) is 0 Å². The van der Waals surface area contributed by atoms with Gasteiger partial charge in [0.15, 0.2) is 0 Å². The molecule has 0 aromatic carbocycles. The first-order chi connectivity index (χ1) is 7.40. The highest BCUT2D eigenvalue weighted by Crippen LogP contribution is 2.47. The Kier molecular flexibility index (Phi) is 4.45. The lowest BCUT2D eigenvalue weighted by atomic mass is 9.89. The first kappa shape index (κ1) is 11.4. The second-order valence-electron chi connectivity index (χ2n) is 5.42. The van der Waals surface area contributed by atoms with Crippen molar-refractivity contribution in [2.24, 2.45) is 17.8 Å². The Morgan fingerprint density at radius 2 is 2.00 bits per heavy atom. The van der Waals surface area contributed by atoms with Crippen molar-refractivity contribution in [1.82, 2.24) is 5.32 Å². The van der Waals surface area contributed by atoms with E-state index in [1.807, 2.05) is 0 Å². The molecule has 0 aromatic rings. The Bertz CT molecular complexity index is 183. The van der Waals surface area contributed by atoms with E-state index in [-0.39, 0.29) is 0 Å². The summed E-state index contributed by atoms with van der Waals surface area (Å²) in [6, 6.07) is 0. The van der Waals surface area contributed by atoms with Crippen LogP contribution in [-0.4, -0.2) is 24.8 Å². The average Bonchev–Trinajstić information content (AvgIpc) is 2.85. The van der Waals surface area contributed by atoms with E-state index in [4.69, 9.17) is 5.11 Å². The smallest absolute Gasteiger partial charge is 0.0431 e. The van der Waals surface area contributed by atoms with Gasteiger partial charge in [0.25, 0.3) is 0 Å². The van der Waals surface area contributed by atoms with Crippen molar-refractivity contribution in [2.75, 3.05) is 19.7 Å². The van der Waals surface area contributed by atoms with Crippen LogP contribution in [0.3, 0.4) is 0 Å². The minimum atomic E-state index is 0.354. The molecule has 2 aliphatic carbocycles. The van der Waals surface area contributed by atoms with Gasteiger partial charge in [-0.05, 0) is 69.4 Å². The largest absolute Gasteiger partial charge is 0.396 e. The molecule has 88 valence electrons. The minimum Gasteiger partial charge on any atom is -0.396 e. The lowest BCUT2D eigenvalue weighted by Crippen LogP contribution is -2.27. The van der Waals surface area contributed by atoms with Crippen LogP contribution >= 0.6 is 0 Å². The van der Waals surface area contributed by atoms with Gasteiger partial charge >= 0.3 is 0 Å². The molecule has 2 bridgehead atoms. The second kappa shape index (κ2) is 5.86. The summed E-state index contributed by atoms with van der Waals surface area (Å²) < 4.78 is 0. The maximum atomic E-state index is 8.65. The normalized spacial score (nSPS) is 33.8. The minimum absolute atomic E-state index is 0.354. The molecule has 2 saturated carbocycles. The summed E-state index contributed by atoms with van der Waals surface area (Å²) in [4.78, 5) is 0. The van der Waals surface area contributed by atoms with Crippen molar-refractivity contribution in [3.8, 4) is 0 Å². The monoisotopic (exact) mass is 211 g/mol. The molecule has 3 unspecified atom stereocenters. The van der Waals surface area contributed by atoms with Crippen LogP contribution in [0.1, 0.15) is 44.9 Å². The molecule has 0 saturated heterocycles. The molecule has 2 nitrogen and oxygen atoms in total. The van der Waals surface area contributed by atoms with Crippen LogP contribution in [0, 0.1) is 17.8 Å². The Hall–Kier alpha value is -0.0800. The number of aliphatic hydroxyl groups excluding tert-OH is 1. The molecule has 2 aliphatic rings. The Morgan fingerprint density at radius 3 is 2.67 bits per heavy atom. The molecule has 0 spiro atoms. The highest BCUT2D eigenvalue weighted by atomic mass is 16.2. The number of fused-ring (bicyclic) bond motifs is 2. The van der Waals surface area contributed by atoms with Crippen molar-refractivity contribution in [3.63, 3.8) is 0 Å². The highest BCUT2D eigenvalue weighted by molar-refractivity contribution is 4.90. The van der Waals surface area contributed by atoms with Gasteiger partial charge in [0.2, 0.25) is 0 Å². The van der Waals surface area contributed by atoms with Gasteiger partial charge in [0, 0.05) is 6.61 Å². The van der Waals surface area contributed by atoms with E-state index in [0.29, 0.717) is 6.61 Å². The average molecular weight is 211 g/mol. The fraction of sp³-hybridized carbons (Fsp3) is 1.00. The third kappa shape index (κ3) is 3.18. The number of unbranched alkanes of at least 4 members (excludes halogenated alkanes) is 2. The third-order valence-electron chi connectivity index (χ3n) is 4.30. The summed E-state index contributed by atoms with van der Waals surface area (Å²) >= 11 is 0. The quantitative estimate of drug-likeness (QED) is 0.633. The summed E-state index contributed by atoms with van der Waals surface area (Å²) in [5, 5.41) is 12.2. The van der Waals surface area contributed by atoms with E-state index < -0.39 is 0 Å². The zero-order valence-corrected chi connectivity index (χ0v) is 9.75. The molecule has 0 heterocycles. The number of hydrogen-bond donors (Lipinski definition) is 2. The van der Waals surface area contributed by atoms with E-state index >= 15 is 0 Å². The van der Waals surface area contributed by atoms with Crippen LogP contribution in [0.2, 0.25) is 0 Å². The van der Waals surface area contributed by atoms with E-state index in [1.165, 1.54) is 45.1 Å². The van der Waals surface area contributed by atoms with Gasteiger partial charge in [-0.15, -0.1) is 0 Å². The number of nitrogens with one attached hydrogen (secondary N) is 1. The van der Waals surface area contributed by atoms with E-state index in [9.17, 15) is 0 Å². The predicted octanol–water partition coefficient (Wildman–Crippen LogP) is 2.17. The van der Waals surface area contributed by atoms with Crippen molar-refractivity contribution in [3.05, 3.63) is 0 Å². The second-order valence-corrected chi connectivity index (χ2v) is 5.42. The van der Waals surface area contributed by atoms with Crippen LogP contribution in [-0.2, 0) is 0 Å². The summed E-state index contributed by atoms with van der Waals surface area (Å²) in [5.41, 5.74) is 0. The van der Waals surface area contributed by atoms with Crippen molar-refractivity contribution in [2.45, 2.75) is 44.9 Å². The summed E-state index contributed by atoms with van der Waals surface area (Å²) in [7, 11) is 0. The maximum Gasteiger partial charge on any atom is 0.0431 e. The summed E-state index contributed by atoms with van der Waals surface area (Å²) in [6.45, 7) is 2.75. The first-order valence-corrected chi connectivity index (χ1v) is 6.71. The Morgan fingerprint density at radius 1 is 1.07 bits per heavy atom. The lowest BCUT2D eigenvalue weighted by Gasteiger charge is -2.21.